The predicted octanol–water partition coefficient (Wildman–Crippen LogP) is 3.69. The van der Waals surface area contributed by atoms with Gasteiger partial charge in [-0.15, -0.1) is 10.2 Å². The van der Waals surface area contributed by atoms with Gasteiger partial charge in [-0.1, -0.05) is 17.8 Å². The fourth-order valence-corrected chi connectivity index (χ4v) is 3.19. The van der Waals surface area contributed by atoms with Crippen LogP contribution in [-0.4, -0.2) is 33.8 Å². The molecule has 0 N–H and O–H groups in total. The molecule has 0 unspecified atom stereocenters. The molecule has 0 saturated carbocycles. The van der Waals surface area contributed by atoms with E-state index in [1.807, 2.05) is 53.2 Å². The first-order valence-corrected chi connectivity index (χ1v) is 8.86. The van der Waals surface area contributed by atoms with Crippen molar-refractivity contribution in [2.75, 3.05) is 14.2 Å². The van der Waals surface area contributed by atoms with Gasteiger partial charge in [0, 0.05) is 23.7 Å². The highest BCUT2D eigenvalue weighted by atomic mass is 32.2. The Bertz CT molecular complexity index is 1010. The zero-order valence-electron chi connectivity index (χ0n) is 14.2. The van der Waals surface area contributed by atoms with Crippen molar-refractivity contribution in [2.24, 2.45) is 0 Å². The van der Waals surface area contributed by atoms with Gasteiger partial charge in [0.1, 0.15) is 5.65 Å². The van der Waals surface area contributed by atoms with Gasteiger partial charge in [-0.25, -0.2) is 4.98 Å². The van der Waals surface area contributed by atoms with E-state index in [4.69, 9.17) is 13.9 Å². The average Bonchev–Trinajstić information content (AvgIpc) is 3.32. The quantitative estimate of drug-likeness (QED) is 0.480. The summed E-state index contributed by atoms with van der Waals surface area (Å²) >= 11 is 1.45. The van der Waals surface area contributed by atoms with Gasteiger partial charge < -0.3 is 18.3 Å². The van der Waals surface area contributed by atoms with Crippen LogP contribution in [0.4, 0.5) is 0 Å². The molecule has 8 heteroatoms. The molecule has 0 aliphatic heterocycles. The largest absolute Gasteiger partial charge is 0.493 e. The first-order valence-electron chi connectivity index (χ1n) is 7.88. The van der Waals surface area contributed by atoms with Gasteiger partial charge in [0.15, 0.2) is 11.5 Å². The van der Waals surface area contributed by atoms with Gasteiger partial charge in [-0.3, -0.25) is 0 Å². The van der Waals surface area contributed by atoms with Gasteiger partial charge >= 0.3 is 0 Å². The van der Waals surface area contributed by atoms with E-state index < -0.39 is 0 Å². The number of rotatable bonds is 6. The lowest BCUT2D eigenvalue weighted by molar-refractivity contribution is 0.355. The van der Waals surface area contributed by atoms with E-state index in [-0.39, 0.29) is 0 Å². The number of methoxy groups -OCH3 is 2. The summed E-state index contributed by atoms with van der Waals surface area (Å²) in [6.07, 6.45) is 3.96. The minimum atomic E-state index is 0.434. The Kier molecular flexibility index (Phi) is 4.49. The number of fused-ring (bicyclic) bond motifs is 1. The summed E-state index contributed by atoms with van der Waals surface area (Å²) < 4.78 is 18.3. The molecule has 0 amide bonds. The molecular weight excluding hydrogens is 352 g/mol. The van der Waals surface area contributed by atoms with E-state index in [0.29, 0.717) is 28.4 Å². The third kappa shape index (κ3) is 3.23. The van der Waals surface area contributed by atoms with E-state index in [0.717, 1.165) is 16.9 Å². The van der Waals surface area contributed by atoms with Crippen LogP contribution in [0.3, 0.4) is 0 Å². The summed E-state index contributed by atoms with van der Waals surface area (Å²) in [7, 11) is 3.18. The first kappa shape index (κ1) is 16.5. The molecule has 132 valence electrons. The van der Waals surface area contributed by atoms with Gasteiger partial charge in [0.25, 0.3) is 5.22 Å². The van der Waals surface area contributed by atoms with Crippen LogP contribution in [0, 0.1) is 0 Å². The van der Waals surface area contributed by atoms with Crippen LogP contribution in [0.25, 0.3) is 17.1 Å². The van der Waals surface area contributed by atoms with Crippen LogP contribution in [-0.2, 0) is 5.75 Å². The Morgan fingerprint density at radius 2 is 1.96 bits per heavy atom. The van der Waals surface area contributed by atoms with Crippen LogP contribution in [0.5, 0.6) is 11.5 Å². The molecule has 26 heavy (non-hydrogen) atoms. The molecule has 0 bridgehead atoms. The third-order valence-electron chi connectivity index (χ3n) is 3.79. The van der Waals surface area contributed by atoms with Crippen molar-refractivity contribution in [1.82, 2.24) is 19.6 Å². The predicted molar refractivity (Wildman–Crippen MR) is 97.6 cm³/mol. The lowest BCUT2D eigenvalue weighted by Gasteiger charge is -2.07. The number of ether oxygens (including phenoxy) is 2. The zero-order valence-corrected chi connectivity index (χ0v) is 15.1. The number of imidazole rings is 1. The van der Waals surface area contributed by atoms with Gasteiger partial charge in [-0.2, -0.15) is 0 Å². The average molecular weight is 368 g/mol. The second-order valence-corrected chi connectivity index (χ2v) is 6.36. The van der Waals surface area contributed by atoms with Gasteiger partial charge in [-0.05, 0) is 30.3 Å². The van der Waals surface area contributed by atoms with Crippen molar-refractivity contribution in [3.63, 3.8) is 0 Å². The zero-order chi connectivity index (χ0) is 17.9. The van der Waals surface area contributed by atoms with Gasteiger partial charge in [0.05, 0.1) is 19.9 Å². The molecule has 0 radical (unpaired) electrons. The summed E-state index contributed by atoms with van der Waals surface area (Å²) in [6.45, 7) is 0. The highest BCUT2D eigenvalue weighted by Gasteiger charge is 2.13. The third-order valence-corrected chi connectivity index (χ3v) is 4.65. The maximum Gasteiger partial charge on any atom is 0.277 e. The molecule has 0 fully saturated rings. The van der Waals surface area contributed by atoms with Crippen molar-refractivity contribution >= 4 is 17.4 Å². The lowest BCUT2D eigenvalue weighted by Crippen LogP contribution is -1.90. The molecule has 1 aromatic carbocycles. The maximum atomic E-state index is 5.75. The number of nitrogens with zero attached hydrogens (tertiary/aromatic N) is 4. The Hall–Kier alpha value is -3.00. The SMILES string of the molecule is COc1ccc(-c2nnc(SCc3cn4ccccc4n3)o2)cc1OC. The molecule has 0 aliphatic carbocycles. The Labute approximate surface area is 154 Å². The molecule has 3 heterocycles. The second-order valence-electron chi connectivity index (χ2n) is 5.43. The van der Waals surface area contributed by atoms with E-state index in [9.17, 15) is 0 Å². The van der Waals surface area contributed by atoms with Crippen molar-refractivity contribution < 1.29 is 13.9 Å². The molecule has 0 spiro atoms. The summed E-state index contributed by atoms with van der Waals surface area (Å²) in [6, 6.07) is 11.4. The Morgan fingerprint density at radius 1 is 1.08 bits per heavy atom. The first-order chi connectivity index (χ1) is 12.8. The molecule has 3 aromatic heterocycles. The highest BCUT2D eigenvalue weighted by molar-refractivity contribution is 7.98. The summed E-state index contributed by atoms with van der Waals surface area (Å²) in [5.41, 5.74) is 2.64. The standard InChI is InChI=1S/C18H16N4O3S/c1-23-14-7-6-12(9-15(14)24-2)17-20-21-18(25-17)26-11-13-10-22-8-4-3-5-16(22)19-13/h3-10H,11H2,1-2H3. The number of pyridine rings is 1. The van der Waals surface area contributed by atoms with E-state index in [2.05, 4.69) is 15.2 Å². The monoisotopic (exact) mass is 368 g/mol. The molecule has 0 saturated heterocycles. The normalized spacial score (nSPS) is 11.0. The van der Waals surface area contributed by atoms with Crippen LogP contribution in [0.1, 0.15) is 5.69 Å². The van der Waals surface area contributed by atoms with Crippen LogP contribution in [0.15, 0.2) is 58.4 Å². The van der Waals surface area contributed by atoms with Gasteiger partial charge in [0.2, 0.25) is 5.89 Å². The number of benzene rings is 1. The molecular formula is C18H16N4O3S. The molecule has 4 aromatic rings. The van der Waals surface area contributed by atoms with Crippen molar-refractivity contribution in [2.45, 2.75) is 11.0 Å². The topological polar surface area (TPSA) is 74.7 Å². The smallest absolute Gasteiger partial charge is 0.277 e. The maximum absolute atomic E-state index is 5.75. The number of hydrogen-bond donors (Lipinski definition) is 0. The number of hydrogen-bond acceptors (Lipinski definition) is 7. The Balaban J connectivity index is 1.49. The lowest BCUT2D eigenvalue weighted by atomic mass is 10.2. The fraction of sp³-hybridized carbons (Fsp3) is 0.167. The highest BCUT2D eigenvalue weighted by Crippen LogP contribution is 2.33. The fourth-order valence-electron chi connectivity index (χ4n) is 2.55. The minimum absolute atomic E-state index is 0.434. The summed E-state index contributed by atoms with van der Waals surface area (Å²) in [5, 5.41) is 8.70. The molecule has 4 rings (SSSR count). The van der Waals surface area contributed by atoms with E-state index in [1.165, 1.54) is 11.8 Å². The van der Waals surface area contributed by atoms with Crippen molar-refractivity contribution in [3.05, 3.63) is 54.5 Å². The second kappa shape index (κ2) is 7.09. The molecule has 7 nitrogen and oxygen atoms in total. The number of aromatic nitrogens is 4. The van der Waals surface area contributed by atoms with Crippen molar-refractivity contribution in [3.8, 4) is 23.0 Å². The van der Waals surface area contributed by atoms with Crippen LogP contribution < -0.4 is 9.47 Å². The summed E-state index contributed by atoms with van der Waals surface area (Å²) in [4.78, 5) is 4.56. The number of thioether (sulfide) groups is 1. The van der Waals surface area contributed by atoms with Crippen molar-refractivity contribution in [1.29, 1.82) is 0 Å². The van der Waals surface area contributed by atoms with E-state index in [1.54, 1.807) is 14.2 Å². The molecule has 0 aliphatic rings. The Morgan fingerprint density at radius 3 is 2.77 bits per heavy atom. The van der Waals surface area contributed by atoms with Crippen LogP contribution in [0.2, 0.25) is 0 Å². The minimum Gasteiger partial charge on any atom is -0.493 e. The summed E-state index contributed by atoms with van der Waals surface area (Å²) in [5.74, 6) is 2.35. The van der Waals surface area contributed by atoms with E-state index >= 15 is 0 Å². The van der Waals surface area contributed by atoms with Crippen LogP contribution >= 0.6 is 11.8 Å². The molecule has 0 atom stereocenters.